The number of aromatic nitrogens is 2. The van der Waals surface area contributed by atoms with Gasteiger partial charge in [0.05, 0.1) is 30.4 Å². The van der Waals surface area contributed by atoms with Gasteiger partial charge in [-0.25, -0.2) is 8.98 Å². The quantitative estimate of drug-likeness (QED) is 0.351. The molecule has 3 aliphatic rings. The number of aliphatic hydroxyl groups is 1. The van der Waals surface area contributed by atoms with Crippen LogP contribution in [0.15, 0.2) is 20.6 Å². The first-order chi connectivity index (χ1) is 13.1. The molecule has 4 heterocycles. The van der Waals surface area contributed by atoms with Gasteiger partial charge in [-0.1, -0.05) is 6.92 Å². The highest BCUT2D eigenvalue weighted by molar-refractivity contribution is 7.80. The third kappa shape index (κ3) is 3.45. The maximum atomic E-state index is 11.5. The lowest BCUT2D eigenvalue weighted by molar-refractivity contribution is -0.00935. The molecular weight excluding hydrogens is 394 g/mol. The molecule has 0 spiro atoms. The van der Waals surface area contributed by atoms with E-state index in [1.54, 1.807) is 0 Å². The van der Waals surface area contributed by atoms with Crippen LogP contribution in [0.5, 0.6) is 0 Å². The monoisotopic (exact) mass is 415 g/mol. The van der Waals surface area contributed by atoms with Gasteiger partial charge in [-0.05, 0) is 12.8 Å². The van der Waals surface area contributed by atoms with Crippen molar-refractivity contribution in [2.75, 3.05) is 6.54 Å². The number of hydrogen-bond donors (Lipinski definition) is 5. The van der Waals surface area contributed by atoms with Crippen LogP contribution in [0.3, 0.4) is 0 Å². The molecule has 154 valence electrons. The summed E-state index contributed by atoms with van der Waals surface area (Å²) in [6.07, 6.45) is -1.19. The lowest BCUT2D eigenvalue weighted by Gasteiger charge is -2.50. The minimum absolute atomic E-state index is 0.0739. The zero-order valence-corrected chi connectivity index (χ0v) is 15.7. The minimum atomic E-state index is -4.59. The van der Waals surface area contributed by atoms with Gasteiger partial charge in [0.15, 0.2) is 5.96 Å². The lowest BCUT2D eigenvalue weighted by atomic mass is 9.81. The van der Waals surface area contributed by atoms with Crippen LogP contribution < -0.4 is 16.6 Å². The Morgan fingerprint density at radius 3 is 2.75 bits per heavy atom. The number of aliphatic hydroxyl groups excluding tert-OH is 1. The average molecular weight is 415 g/mol. The summed E-state index contributed by atoms with van der Waals surface area (Å²) in [5.41, 5.74) is -1.27. The maximum absolute atomic E-state index is 11.5. The van der Waals surface area contributed by atoms with Crippen molar-refractivity contribution in [2.45, 2.75) is 50.1 Å². The van der Waals surface area contributed by atoms with E-state index in [0.29, 0.717) is 25.3 Å². The van der Waals surface area contributed by atoms with Crippen LogP contribution in [0.2, 0.25) is 0 Å². The van der Waals surface area contributed by atoms with Crippen molar-refractivity contribution in [3.8, 4) is 0 Å². The third-order valence-corrected chi connectivity index (χ3v) is 6.18. The Kier molecular flexibility index (Phi) is 4.56. The molecule has 6 atom stereocenters. The summed E-state index contributed by atoms with van der Waals surface area (Å²) in [5.74, 6) is 0.390. The van der Waals surface area contributed by atoms with Crippen molar-refractivity contribution in [1.29, 1.82) is 0 Å². The molecule has 1 aromatic rings. The number of nitrogens with one attached hydrogen (secondary N) is 3. The van der Waals surface area contributed by atoms with Gasteiger partial charge in [0.25, 0.3) is 5.56 Å². The van der Waals surface area contributed by atoms with Gasteiger partial charge in [-0.2, -0.15) is 8.42 Å². The van der Waals surface area contributed by atoms with Gasteiger partial charge in [0, 0.05) is 18.0 Å². The van der Waals surface area contributed by atoms with Gasteiger partial charge in [-0.15, -0.1) is 0 Å². The van der Waals surface area contributed by atoms with Gasteiger partial charge in [0.1, 0.15) is 6.10 Å². The number of piperidine rings is 1. The molecule has 3 aliphatic heterocycles. The second-order valence-corrected chi connectivity index (χ2v) is 8.47. The first kappa shape index (κ1) is 19.1. The van der Waals surface area contributed by atoms with Gasteiger partial charge in [0.2, 0.25) is 0 Å². The Balaban J connectivity index is 1.59. The van der Waals surface area contributed by atoms with E-state index in [4.69, 9.17) is 8.74 Å². The molecule has 0 unspecified atom stereocenters. The molecular formula is C15H21N5O7S. The Labute approximate surface area is 159 Å². The van der Waals surface area contributed by atoms with Crippen molar-refractivity contribution in [2.24, 2.45) is 10.9 Å². The Hall–Kier alpha value is -2.22. The summed E-state index contributed by atoms with van der Waals surface area (Å²) in [6.45, 7) is 2.27. The summed E-state index contributed by atoms with van der Waals surface area (Å²) in [4.78, 5) is 34.0. The molecule has 4 rings (SSSR count). The Bertz CT molecular complexity index is 990. The van der Waals surface area contributed by atoms with Crippen molar-refractivity contribution in [3.05, 3.63) is 32.6 Å². The van der Waals surface area contributed by atoms with Crippen molar-refractivity contribution in [1.82, 2.24) is 20.2 Å². The number of aliphatic imine (C=N–C) groups is 1. The average Bonchev–Trinajstić information content (AvgIpc) is 3.01. The largest absolute Gasteiger partial charge is 0.397 e. The maximum Gasteiger partial charge on any atom is 0.397 e. The fourth-order valence-corrected chi connectivity index (χ4v) is 4.98. The molecule has 0 radical (unpaired) electrons. The van der Waals surface area contributed by atoms with E-state index in [1.165, 1.54) is 0 Å². The standard InChI is InChI=1S/C15H21N5O7S/c1-6-10-5-16-14-17-8(13(22)9-4-12(21)19-15(23)18-9)2-7(20(10)14)3-11(6)27-28(24,25)26/h4,6-8,10-11,13,22H,2-3,5H2,1H3,(H,16,17)(H,24,25,26)(H2,18,19,21,23)/t6-,7+,8-,10-,11+,13-/m0/s1. The van der Waals surface area contributed by atoms with Crippen LogP contribution in [-0.4, -0.2) is 69.7 Å². The lowest BCUT2D eigenvalue weighted by Crippen LogP contribution is -2.65. The van der Waals surface area contributed by atoms with Crippen LogP contribution in [0.25, 0.3) is 0 Å². The number of guanidine groups is 1. The number of rotatable bonds is 4. The number of nitrogens with zero attached hydrogens (tertiary/aromatic N) is 2. The molecule has 0 amide bonds. The smallest absolute Gasteiger partial charge is 0.385 e. The van der Waals surface area contributed by atoms with E-state index in [-0.39, 0.29) is 23.7 Å². The molecule has 0 bridgehead atoms. The zero-order chi connectivity index (χ0) is 20.2. The number of H-pyrrole nitrogens is 2. The van der Waals surface area contributed by atoms with Crippen molar-refractivity contribution in [3.63, 3.8) is 0 Å². The van der Waals surface area contributed by atoms with Gasteiger partial charge < -0.3 is 20.3 Å². The van der Waals surface area contributed by atoms with Gasteiger partial charge >= 0.3 is 16.1 Å². The minimum Gasteiger partial charge on any atom is -0.385 e. The van der Waals surface area contributed by atoms with Crippen LogP contribution in [0.1, 0.15) is 31.6 Å². The summed E-state index contributed by atoms with van der Waals surface area (Å²) >= 11 is 0. The van der Waals surface area contributed by atoms with Crippen LogP contribution in [-0.2, 0) is 14.6 Å². The van der Waals surface area contributed by atoms with E-state index in [0.717, 1.165) is 6.07 Å². The molecule has 0 aliphatic carbocycles. The normalized spacial score (nSPS) is 33.0. The molecule has 13 heteroatoms. The van der Waals surface area contributed by atoms with Crippen LogP contribution in [0, 0.1) is 5.92 Å². The van der Waals surface area contributed by atoms with E-state index in [1.807, 2.05) is 11.9 Å². The Morgan fingerprint density at radius 2 is 2.07 bits per heavy atom. The summed E-state index contributed by atoms with van der Waals surface area (Å²) in [5, 5.41) is 13.8. The molecule has 0 aromatic carbocycles. The van der Waals surface area contributed by atoms with Crippen molar-refractivity contribution >= 4 is 16.4 Å². The number of aromatic amines is 2. The third-order valence-electron chi connectivity index (χ3n) is 5.69. The topological polar surface area (TPSA) is 177 Å². The van der Waals surface area contributed by atoms with E-state index < -0.39 is 39.9 Å². The predicted molar refractivity (Wildman–Crippen MR) is 96.1 cm³/mol. The zero-order valence-electron chi connectivity index (χ0n) is 14.9. The van der Waals surface area contributed by atoms with Gasteiger partial charge in [-0.3, -0.25) is 19.3 Å². The second-order valence-electron chi connectivity index (χ2n) is 7.42. The first-order valence-corrected chi connectivity index (χ1v) is 10.3. The highest BCUT2D eigenvalue weighted by Crippen LogP contribution is 2.39. The molecule has 5 N–H and O–H groups in total. The van der Waals surface area contributed by atoms with E-state index in [2.05, 4.69) is 20.2 Å². The second kappa shape index (κ2) is 6.69. The first-order valence-electron chi connectivity index (χ1n) is 8.89. The molecule has 1 aromatic heterocycles. The fraction of sp³-hybridized carbons (Fsp3) is 0.667. The molecule has 2 fully saturated rings. The van der Waals surface area contributed by atoms with E-state index in [9.17, 15) is 23.1 Å². The SMILES string of the molecule is C[C@@H]1[C@H](OS(=O)(=O)O)C[C@H]2C[C@@H]([C@H](O)c3cc(=O)[nH]c(=O)[nH]3)NC3=NC[C@@H]1N32. The number of hydrogen-bond acceptors (Lipinski definition) is 9. The summed E-state index contributed by atoms with van der Waals surface area (Å²) < 4.78 is 36.4. The molecule has 12 nitrogen and oxygen atoms in total. The summed E-state index contributed by atoms with van der Waals surface area (Å²) in [7, 11) is -4.59. The fourth-order valence-electron chi connectivity index (χ4n) is 4.42. The predicted octanol–water partition coefficient (Wildman–Crippen LogP) is -1.90. The summed E-state index contributed by atoms with van der Waals surface area (Å²) in [6, 6.07) is 0.275. The van der Waals surface area contributed by atoms with Crippen LogP contribution in [0.4, 0.5) is 0 Å². The van der Waals surface area contributed by atoms with Crippen LogP contribution >= 0.6 is 0 Å². The van der Waals surface area contributed by atoms with Crippen molar-refractivity contribution < 1.29 is 22.3 Å². The molecule has 2 saturated heterocycles. The van der Waals surface area contributed by atoms with E-state index >= 15 is 0 Å². The molecule has 28 heavy (non-hydrogen) atoms. The molecule has 0 saturated carbocycles. The highest BCUT2D eigenvalue weighted by Gasteiger charge is 2.50. The highest BCUT2D eigenvalue weighted by atomic mass is 32.3. The Morgan fingerprint density at radius 1 is 1.32 bits per heavy atom.